The fourth-order valence-corrected chi connectivity index (χ4v) is 5.72. The summed E-state index contributed by atoms with van der Waals surface area (Å²) in [4.78, 5) is 24.9. The Morgan fingerprint density at radius 2 is 1.89 bits per heavy atom. The van der Waals surface area contributed by atoms with Crippen LogP contribution in [0.1, 0.15) is 52.1 Å². The fourth-order valence-electron chi connectivity index (χ4n) is 5.60. The van der Waals surface area contributed by atoms with Gasteiger partial charge in [0.2, 0.25) is 5.88 Å². The number of nitrogens with two attached hydrogens (primary N) is 1. The van der Waals surface area contributed by atoms with E-state index in [9.17, 15) is 9.59 Å². The zero-order valence-electron chi connectivity index (χ0n) is 19.6. The smallest absolute Gasteiger partial charge is 0.256 e. The maximum Gasteiger partial charge on any atom is 0.256 e. The van der Waals surface area contributed by atoms with Crippen molar-refractivity contribution in [2.75, 3.05) is 0 Å². The van der Waals surface area contributed by atoms with Gasteiger partial charge in [0, 0.05) is 17.3 Å². The quantitative estimate of drug-likeness (QED) is 0.415. The van der Waals surface area contributed by atoms with Gasteiger partial charge in [-0.25, -0.2) is 9.20 Å². The van der Waals surface area contributed by atoms with Crippen LogP contribution in [0, 0.1) is 12.3 Å². The number of benzene rings is 1. The number of primary amides is 1. The van der Waals surface area contributed by atoms with Crippen LogP contribution in [0.5, 0.6) is 5.88 Å². The molecule has 2 fully saturated rings. The first-order chi connectivity index (χ1) is 17.3. The van der Waals surface area contributed by atoms with Gasteiger partial charge in [-0.2, -0.15) is 5.10 Å². The molecule has 0 saturated heterocycles. The summed E-state index contributed by atoms with van der Waals surface area (Å²) in [5, 5.41) is 12.6. The molecule has 1 spiro atoms. The molecule has 10 heteroatoms. The van der Waals surface area contributed by atoms with E-state index in [2.05, 4.69) is 15.5 Å². The van der Waals surface area contributed by atoms with Gasteiger partial charge in [0.05, 0.1) is 28.7 Å². The molecule has 3 aromatic heterocycles. The summed E-state index contributed by atoms with van der Waals surface area (Å²) >= 11 is 5.98. The van der Waals surface area contributed by atoms with Crippen LogP contribution in [-0.2, 0) is 0 Å². The van der Waals surface area contributed by atoms with Gasteiger partial charge in [-0.05, 0) is 74.4 Å². The van der Waals surface area contributed by atoms with Crippen LogP contribution in [0.15, 0.2) is 54.9 Å². The Labute approximate surface area is 212 Å². The summed E-state index contributed by atoms with van der Waals surface area (Å²) in [7, 11) is 0. The summed E-state index contributed by atoms with van der Waals surface area (Å²) in [6.45, 7) is 1.88. The number of hydrogen-bond donors (Lipinski definition) is 2. The van der Waals surface area contributed by atoms with E-state index in [1.54, 1.807) is 39.8 Å². The van der Waals surface area contributed by atoms with Crippen molar-refractivity contribution >= 4 is 28.9 Å². The van der Waals surface area contributed by atoms with Crippen molar-refractivity contribution < 1.29 is 14.3 Å². The van der Waals surface area contributed by atoms with E-state index in [0.29, 0.717) is 21.7 Å². The Kier molecular flexibility index (Phi) is 5.26. The molecule has 0 radical (unpaired) electrons. The number of carbonyl (C=O) groups excluding carboxylic acids is 2. The number of pyridine rings is 1. The highest BCUT2D eigenvalue weighted by molar-refractivity contribution is 6.30. The van der Waals surface area contributed by atoms with Crippen molar-refractivity contribution in [2.45, 2.75) is 44.8 Å². The molecule has 6 rings (SSSR count). The molecule has 4 aromatic rings. The second kappa shape index (κ2) is 8.37. The molecule has 9 nitrogen and oxygen atoms in total. The fraction of sp³-hybridized carbons (Fsp3) is 0.308. The molecule has 0 aliphatic heterocycles. The van der Waals surface area contributed by atoms with Crippen LogP contribution in [0.25, 0.3) is 11.2 Å². The minimum Gasteiger partial charge on any atom is -0.473 e. The number of hydrogen-bond acceptors (Lipinski definition) is 5. The number of aromatic nitrogens is 4. The van der Waals surface area contributed by atoms with E-state index < -0.39 is 5.91 Å². The van der Waals surface area contributed by atoms with Crippen LogP contribution < -0.4 is 15.8 Å². The van der Waals surface area contributed by atoms with E-state index in [1.165, 1.54) is 0 Å². The van der Waals surface area contributed by atoms with Gasteiger partial charge in [0.15, 0.2) is 0 Å². The van der Waals surface area contributed by atoms with Crippen LogP contribution in [0.2, 0.25) is 5.02 Å². The number of carbonyl (C=O) groups is 2. The molecule has 1 aromatic carbocycles. The second-order valence-electron chi connectivity index (χ2n) is 9.83. The van der Waals surface area contributed by atoms with Crippen molar-refractivity contribution in [2.24, 2.45) is 11.1 Å². The summed E-state index contributed by atoms with van der Waals surface area (Å²) in [6, 6.07) is 12.9. The lowest BCUT2D eigenvalue weighted by molar-refractivity contribution is -0.0848. The monoisotopic (exact) mass is 504 g/mol. The minimum absolute atomic E-state index is 0.0236. The summed E-state index contributed by atoms with van der Waals surface area (Å²) in [5.41, 5.74) is 8.89. The lowest BCUT2D eigenvalue weighted by atomic mass is 9.53. The van der Waals surface area contributed by atoms with E-state index in [-0.39, 0.29) is 29.3 Å². The number of halogens is 1. The van der Waals surface area contributed by atoms with E-state index in [0.717, 1.165) is 37.1 Å². The SMILES string of the molecule is Cc1c(C(=O)N[C@H]2CC3(C2)C[C@H](Oc2nn4ccccc4c2C(N)=O)C3)cnn1-c1ccc(Cl)cc1. The van der Waals surface area contributed by atoms with Gasteiger partial charge in [-0.15, -0.1) is 5.10 Å². The normalized spacial score (nSPS) is 22.7. The van der Waals surface area contributed by atoms with E-state index >= 15 is 0 Å². The maximum atomic E-state index is 12.9. The molecule has 3 N–H and O–H groups in total. The molecule has 2 saturated carbocycles. The third-order valence-corrected chi connectivity index (χ3v) is 7.63. The molecule has 36 heavy (non-hydrogen) atoms. The number of nitrogens with zero attached hydrogens (tertiary/aromatic N) is 4. The predicted octanol–water partition coefficient (Wildman–Crippen LogP) is 3.70. The maximum absolute atomic E-state index is 12.9. The van der Waals surface area contributed by atoms with E-state index in [4.69, 9.17) is 22.1 Å². The average Bonchev–Trinajstić information content (AvgIpc) is 3.37. The molecular weight excluding hydrogens is 480 g/mol. The number of fused-ring (bicyclic) bond motifs is 1. The lowest BCUT2D eigenvalue weighted by Gasteiger charge is -2.57. The number of nitrogens with one attached hydrogen (secondary N) is 1. The average molecular weight is 505 g/mol. The second-order valence-corrected chi connectivity index (χ2v) is 10.3. The Balaban J connectivity index is 1.05. The molecule has 0 unspecified atom stereocenters. The van der Waals surface area contributed by atoms with E-state index in [1.807, 2.05) is 31.2 Å². The molecule has 0 bridgehead atoms. The lowest BCUT2D eigenvalue weighted by Crippen LogP contribution is -2.58. The molecule has 2 aliphatic rings. The molecule has 2 amide bonds. The highest BCUT2D eigenvalue weighted by atomic mass is 35.5. The highest BCUT2D eigenvalue weighted by Gasteiger charge is 2.54. The minimum atomic E-state index is -0.554. The number of ether oxygens (including phenoxy) is 1. The van der Waals surface area contributed by atoms with Crippen LogP contribution in [0.4, 0.5) is 0 Å². The third-order valence-electron chi connectivity index (χ3n) is 7.37. The summed E-state index contributed by atoms with van der Waals surface area (Å²) in [5.74, 6) is -0.386. The van der Waals surface area contributed by atoms with Gasteiger partial charge >= 0.3 is 0 Å². The Morgan fingerprint density at radius 3 is 2.61 bits per heavy atom. The Bertz CT molecular complexity index is 1480. The Morgan fingerprint density at radius 1 is 1.14 bits per heavy atom. The first kappa shape index (κ1) is 22.6. The van der Waals surface area contributed by atoms with Crippen LogP contribution in [0.3, 0.4) is 0 Å². The number of amides is 2. The molecule has 3 heterocycles. The largest absolute Gasteiger partial charge is 0.473 e. The van der Waals surface area contributed by atoms with Crippen molar-refractivity contribution in [3.05, 3.63) is 76.7 Å². The van der Waals surface area contributed by atoms with Gasteiger partial charge < -0.3 is 15.8 Å². The Hall–Kier alpha value is -3.85. The topological polar surface area (TPSA) is 117 Å². The first-order valence-corrected chi connectivity index (χ1v) is 12.2. The first-order valence-electron chi connectivity index (χ1n) is 11.9. The van der Waals surface area contributed by atoms with Crippen LogP contribution >= 0.6 is 11.6 Å². The van der Waals surface area contributed by atoms with Crippen molar-refractivity contribution in [1.29, 1.82) is 0 Å². The summed E-state index contributed by atoms with van der Waals surface area (Å²) < 4.78 is 9.42. The number of rotatable bonds is 6. The van der Waals surface area contributed by atoms with Crippen molar-refractivity contribution in [3.63, 3.8) is 0 Å². The molecular formula is C26H25ClN6O3. The van der Waals surface area contributed by atoms with Crippen LogP contribution in [-0.4, -0.2) is 43.4 Å². The predicted molar refractivity (Wildman–Crippen MR) is 134 cm³/mol. The zero-order valence-corrected chi connectivity index (χ0v) is 20.4. The van der Waals surface area contributed by atoms with Gasteiger partial charge in [0.25, 0.3) is 11.8 Å². The van der Waals surface area contributed by atoms with Gasteiger partial charge in [-0.1, -0.05) is 17.7 Å². The molecule has 184 valence electrons. The highest BCUT2D eigenvalue weighted by Crippen LogP contribution is 2.57. The molecule has 2 aliphatic carbocycles. The summed E-state index contributed by atoms with van der Waals surface area (Å²) in [6.07, 6.45) is 6.86. The van der Waals surface area contributed by atoms with Crippen molar-refractivity contribution in [1.82, 2.24) is 24.7 Å². The molecule has 0 atom stereocenters. The van der Waals surface area contributed by atoms with Crippen molar-refractivity contribution in [3.8, 4) is 11.6 Å². The van der Waals surface area contributed by atoms with Gasteiger partial charge in [0.1, 0.15) is 11.7 Å². The van der Waals surface area contributed by atoms with Gasteiger partial charge in [-0.3, -0.25) is 9.59 Å². The standard InChI is InChI=1S/C26H25ClN6O3/c1-15-20(14-29-33(15)18-7-5-16(27)6-8-18)24(35)30-17-10-26(11-17)12-19(13-26)36-25-22(23(28)34)21-4-2-3-9-32(21)31-25/h2-9,14,17,19H,10-13H2,1H3,(H2,28,34)(H,30,35)/t17-,19-,26?. The zero-order chi connectivity index (χ0) is 25.0. The third kappa shape index (κ3) is 3.80.